The van der Waals surface area contributed by atoms with Gasteiger partial charge in [-0.1, -0.05) is 27.5 Å². The maximum Gasteiger partial charge on any atom is 0.338 e. The Balaban J connectivity index is 2.28. The number of carbonyl (C=O) groups is 1. The molecule has 0 fully saturated rings. The van der Waals surface area contributed by atoms with Crippen molar-refractivity contribution in [1.29, 1.82) is 0 Å². The average Bonchev–Trinajstić information content (AvgIpc) is 2.42. The molecule has 1 heterocycles. The van der Waals surface area contributed by atoms with Crippen molar-refractivity contribution < 1.29 is 14.3 Å². The summed E-state index contributed by atoms with van der Waals surface area (Å²) >= 11 is 9.34. The van der Waals surface area contributed by atoms with Gasteiger partial charge in [0, 0.05) is 16.7 Å². The highest BCUT2D eigenvalue weighted by Gasteiger charge is 2.09. The predicted octanol–water partition coefficient (Wildman–Crippen LogP) is 4.08. The van der Waals surface area contributed by atoms with E-state index in [-0.39, 0.29) is 5.88 Å². The molecule has 1 aromatic heterocycles. The van der Waals surface area contributed by atoms with Crippen molar-refractivity contribution in [2.45, 2.75) is 0 Å². The lowest BCUT2D eigenvalue weighted by molar-refractivity contribution is 0.0600. The second-order valence-corrected chi connectivity index (χ2v) is 4.87. The largest absolute Gasteiger partial charge is 0.465 e. The smallest absolute Gasteiger partial charge is 0.338 e. The predicted molar refractivity (Wildman–Crippen MR) is 74.8 cm³/mol. The van der Waals surface area contributed by atoms with E-state index in [1.165, 1.54) is 19.4 Å². The molecular weight excluding hydrogens is 334 g/mol. The summed E-state index contributed by atoms with van der Waals surface area (Å²) in [6.45, 7) is 0. The number of methoxy groups -OCH3 is 1. The molecule has 0 saturated heterocycles. The molecule has 0 amide bonds. The fourth-order valence-electron chi connectivity index (χ4n) is 1.38. The first-order valence-electron chi connectivity index (χ1n) is 5.27. The summed E-state index contributed by atoms with van der Waals surface area (Å²) in [6.07, 6.45) is 1.47. The highest BCUT2D eigenvalue weighted by Crippen LogP contribution is 2.31. The molecule has 0 atom stereocenters. The number of carbonyl (C=O) groups excluding carboxylic acids is 1. The van der Waals surface area contributed by atoms with E-state index in [9.17, 15) is 4.79 Å². The Kier molecular flexibility index (Phi) is 4.39. The van der Waals surface area contributed by atoms with Crippen LogP contribution >= 0.6 is 27.5 Å². The summed E-state index contributed by atoms with van der Waals surface area (Å²) in [5.74, 6) is 0.265. The molecule has 4 nitrogen and oxygen atoms in total. The van der Waals surface area contributed by atoms with Crippen molar-refractivity contribution in [3.05, 3.63) is 51.6 Å². The number of hydrogen-bond acceptors (Lipinski definition) is 4. The molecule has 0 aliphatic rings. The summed E-state index contributed by atoms with van der Waals surface area (Å²) in [5.41, 5.74) is 0.360. The minimum absolute atomic E-state index is 0.267. The van der Waals surface area contributed by atoms with Crippen molar-refractivity contribution >= 4 is 33.5 Å². The summed E-state index contributed by atoms with van der Waals surface area (Å²) in [7, 11) is 1.31. The molecule has 98 valence electrons. The fraction of sp³-hybridized carbons (Fsp3) is 0.0769. The maximum atomic E-state index is 11.4. The van der Waals surface area contributed by atoms with Crippen molar-refractivity contribution in [3.63, 3.8) is 0 Å². The number of aromatic nitrogens is 1. The van der Waals surface area contributed by atoms with E-state index in [2.05, 4.69) is 25.7 Å². The Morgan fingerprint density at radius 3 is 2.84 bits per heavy atom. The lowest BCUT2D eigenvalue weighted by atomic mass is 10.3. The Hall–Kier alpha value is -1.59. The molecule has 0 radical (unpaired) electrons. The molecule has 0 aliphatic carbocycles. The van der Waals surface area contributed by atoms with Gasteiger partial charge in [0.25, 0.3) is 0 Å². The van der Waals surface area contributed by atoms with E-state index in [0.29, 0.717) is 16.3 Å². The van der Waals surface area contributed by atoms with Gasteiger partial charge in [0.1, 0.15) is 5.75 Å². The molecule has 0 saturated carbocycles. The molecule has 2 aromatic rings. The Labute approximate surface area is 123 Å². The summed E-state index contributed by atoms with van der Waals surface area (Å²) in [4.78, 5) is 15.4. The van der Waals surface area contributed by atoms with Crippen LogP contribution in [0.5, 0.6) is 11.6 Å². The topological polar surface area (TPSA) is 48.4 Å². The minimum Gasteiger partial charge on any atom is -0.465 e. The van der Waals surface area contributed by atoms with Gasteiger partial charge in [-0.3, -0.25) is 0 Å². The molecule has 0 aliphatic heterocycles. The number of halogens is 2. The zero-order chi connectivity index (χ0) is 13.8. The average molecular weight is 343 g/mol. The third-order valence-corrected chi connectivity index (χ3v) is 3.07. The van der Waals surface area contributed by atoms with Gasteiger partial charge in [-0.2, -0.15) is 0 Å². The van der Waals surface area contributed by atoms with Crippen LogP contribution < -0.4 is 4.74 Å². The number of rotatable bonds is 3. The van der Waals surface area contributed by atoms with Crippen LogP contribution in [0.3, 0.4) is 0 Å². The molecule has 6 heteroatoms. The number of pyridine rings is 1. The molecule has 0 unspecified atom stereocenters. The third kappa shape index (κ3) is 3.45. The molecule has 0 N–H and O–H groups in total. The monoisotopic (exact) mass is 341 g/mol. The number of hydrogen-bond donors (Lipinski definition) is 0. The van der Waals surface area contributed by atoms with Crippen LogP contribution in [0.15, 0.2) is 41.0 Å². The van der Waals surface area contributed by atoms with E-state index in [1.807, 2.05) is 0 Å². The lowest BCUT2D eigenvalue weighted by Crippen LogP contribution is -2.01. The summed E-state index contributed by atoms with van der Waals surface area (Å²) < 4.78 is 11.0. The van der Waals surface area contributed by atoms with Gasteiger partial charge >= 0.3 is 5.97 Å². The zero-order valence-corrected chi connectivity index (χ0v) is 12.2. The first-order valence-corrected chi connectivity index (χ1v) is 6.44. The summed E-state index contributed by atoms with van der Waals surface area (Å²) in [5, 5.41) is 0.452. The Morgan fingerprint density at radius 2 is 2.11 bits per heavy atom. The Bertz CT molecular complexity index is 619. The molecule has 0 spiro atoms. The number of benzene rings is 1. The maximum absolute atomic E-state index is 11.4. The normalized spacial score (nSPS) is 10.1. The van der Waals surface area contributed by atoms with Gasteiger partial charge in [-0.15, -0.1) is 0 Å². The van der Waals surface area contributed by atoms with Gasteiger partial charge in [0.05, 0.1) is 17.7 Å². The summed E-state index contributed by atoms with van der Waals surface area (Å²) in [6, 6.07) is 8.25. The lowest BCUT2D eigenvalue weighted by Gasteiger charge is -2.07. The zero-order valence-electron chi connectivity index (χ0n) is 9.89. The number of esters is 1. The highest BCUT2D eigenvalue weighted by molar-refractivity contribution is 9.10. The second kappa shape index (κ2) is 6.04. The van der Waals surface area contributed by atoms with Crippen LogP contribution in [0.4, 0.5) is 0 Å². The third-order valence-electron chi connectivity index (χ3n) is 2.26. The van der Waals surface area contributed by atoms with Crippen LogP contribution in [0.1, 0.15) is 10.4 Å². The van der Waals surface area contributed by atoms with E-state index in [0.717, 1.165) is 4.47 Å². The molecular formula is C13H9BrClNO3. The number of ether oxygens (including phenoxy) is 2. The van der Waals surface area contributed by atoms with Crippen molar-refractivity contribution in [3.8, 4) is 11.6 Å². The first kappa shape index (κ1) is 13.8. The SMILES string of the molecule is COC(=O)c1ccnc(Oc2cc(Br)ccc2Cl)c1. The van der Waals surface area contributed by atoms with Crippen molar-refractivity contribution in [2.24, 2.45) is 0 Å². The van der Waals surface area contributed by atoms with Gasteiger partial charge in [-0.05, 0) is 24.3 Å². The van der Waals surface area contributed by atoms with Crippen molar-refractivity contribution in [2.75, 3.05) is 7.11 Å². The first-order chi connectivity index (χ1) is 9.10. The van der Waals surface area contributed by atoms with Crippen LogP contribution in [-0.2, 0) is 4.74 Å². The van der Waals surface area contributed by atoms with Gasteiger partial charge in [0.2, 0.25) is 5.88 Å². The number of nitrogens with zero attached hydrogens (tertiary/aromatic N) is 1. The highest BCUT2D eigenvalue weighted by atomic mass is 79.9. The van der Waals surface area contributed by atoms with Crippen LogP contribution in [0.25, 0.3) is 0 Å². The molecule has 19 heavy (non-hydrogen) atoms. The van der Waals surface area contributed by atoms with Crippen molar-refractivity contribution in [1.82, 2.24) is 4.98 Å². The van der Waals surface area contributed by atoms with Gasteiger partial charge in [0.15, 0.2) is 0 Å². The van der Waals surface area contributed by atoms with Gasteiger partial charge < -0.3 is 9.47 Å². The molecule has 1 aromatic carbocycles. The molecule has 2 rings (SSSR count). The second-order valence-electron chi connectivity index (χ2n) is 3.55. The van der Waals surface area contributed by atoms with E-state index in [4.69, 9.17) is 16.3 Å². The van der Waals surface area contributed by atoms with E-state index in [1.54, 1.807) is 24.3 Å². The van der Waals surface area contributed by atoms with E-state index >= 15 is 0 Å². The van der Waals surface area contributed by atoms with Crippen LogP contribution in [0, 0.1) is 0 Å². The van der Waals surface area contributed by atoms with Gasteiger partial charge in [-0.25, -0.2) is 9.78 Å². The van der Waals surface area contributed by atoms with Crippen LogP contribution in [0.2, 0.25) is 5.02 Å². The quantitative estimate of drug-likeness (QED) is 0.789. The van der Waals surface area contributed by atoms with Crippen LogP contribution in [-0.4, -0.2) is 18.1 Å². The standard InChI is InChI=1S/C13H9BrClNO3/c1-18-13(17)8-4-5-16-12(6-8)19-11-7-9(14)2-3-10(11)15/h2-7H,1H3. The van der Waals surface area contributed by atoms with E-state index < -0.39 is 5.97 Å². The minimum atomic E-state index is -0.451. The fourth-order valence-corrected chi connectivity index (χ4v) is 1.87. The molecule has 0 bridgehead atoms. The Morgan fingerprint density at radius 1 is 1.32 bits per heavy atom.